The maximum absolute atomic E-state index is 12.7. The highest BCUT2D eigenvalue weighted by Gasteiger charge is 2.26. The second-order valence-corrected chi connectivity index (χ2v) is 8.70. The van der Waals surface area contributed by atoms with Crippen molar-refractivity contribution in [2.75, 3.05) is 16.7 Å². The van der Waals surface area contributed by atoms with E-state index >= 15 is 0 Å². The van der Waals surface area contributed by atoms with Crippen molar-refractivity contribution in [3.63, 3.8) is 0 Å². The molecule has 0 atom stereocenters. The molecule has 3 aromatic rings. The second-order valence-electron chi connectivity index (χ2n) is 5.14. The molecule has 0 spiro atoms. The fraction of sp³-hybridized carbons (Fsp3) is 0.0625. The molecule has 26 heavy (non-hydrogen) atoms. The molecule has 3 rings (SSSR count). The monoisotopic (exact) mass is 408 g/mol. The molecular weight excluding hydrogens is 396 g/mol. The van der Waals surface area contributed by atoms with Gasteiger partial charge < -0.3 is 0 Å². The maximum Gasteiger partial charge on any atom is 0.293 e. The van der Waals surface area contributed by atoms with E-state index in [9.17, 15) is 13.2 Å². The molecule has 0 aliphatic carbocycles. The van der Waals surface area contributed by atoms with Gasteiger partial charge in [0.2, 0.25) is 5.13 Å². The SMILES string of the molecule is CN(c1ccc(Cl)cc1)S(=O)(=O)c1nnc(NC(=O)c2ccccc2)s1. The first-order valence-corrected chi connectivity index (χ1v) is 9.96. The molecule has 0 saturated carbocycles. The fourth-order valence-electron chi connectivity index (χ4n) is 2.03. The summed E-state index contributed by atoms with van der Waals surface area (Å²) in [5.74, 6) is -0.392. The minimum atomic E-state index is -3.90. The molecule has 0 aliphatic heterocycles. The molecule has 0 fully saturated rings. The second kappa shape index (κ2) is 7.40. The van der Waals surface area contributed by atoms with Gasteiger partial charge in [-0.3, -0.25) is 14.4 Å². The first-order chi connectivity index (χ1) is 12.4. The minimum Gasteiger partial charge on any atom is -0.296 e. The van der Waals surface area contributed by atoms with Gasteiger partial charge in [0.15, 0.2) is 0 Å². The highest BCUT2D eigenvalue weighted by molar-refractivity contribution is 7.94. The average Bonchev–Trinajstić information content (AvgIpc) is 3.12. The molecule has 0 bridgehead atoms. The first kappa shape index (κ1) is 18.3. The number of benzene rings is 2. The van der Waals surface area contributed by atoms with Gasteiger partial charge in [-0.25, -0.2) is 0 Å². The van der Waals surface area contributed by atoms with Gasteiger partial charge in [-0.1, -0.05) is 41.1 Å². The van der Waals surface area contributed by atoms with Gasteiger partial charge in [0.25, 0.3) is 20.3 Å². The van der Waals surface area contributed by atoms with Crippen LogP contribution in [0.3, 0.4) is 0 Å². The van der Waals surface area contributed by atoms with Gasteiger partial charge in [-0.2, -0.15) is 8.42 Å². The Balaban J connectivity index is 1.79. The summed E-state index contributed by atoms with van der Waals surface area (Å²) in [6.07, 6.45) is 0. The van der Waals surface area contributed by atoms with E-state index in [0.29, 0.717) is 16.3 Å². The quantitative estimate of drug-likeness (QED) is 0.654. The van der Waals surface area contributed by atoms with Crippen molar-refractivity contribution in [1.29, 1.82) is 0 Å². The van der Waals surface area contributed by atoms with Crippen molar-refractivity contribution >= 4 is 49.7 Å². The maximum atomic E-state index is 12.7. The van der Waals surface area contributed by atoms with Crippen LogP contribution in [0.15, 0.2) is 58.9 Å². The van der Waals surface area contributed by atoms with Crippen molar-refractivity contribution in [2.24, 2.45) is 0 Å². The number of hydrogen-bond acceptors (Lipinski definition) is 6. The van der Waals surface area contributed by atoms with Crippen LogP contribution in [0.25, 0.3) is 0 Å². The van der Waals surface area contributed by atoms with Crippen LogP contribution in [0.2, 0.25) is 5.02 Å². The fourth-order valence-corrected chi connectivity index (χ4v) is 4.40. The Kier molecular flexibility index (Phi) is 5.21. The molecule has 0 saturated heterocycles. The van der Waals surface area contributed by atoms with Crippen LogP contribution in [0.5, 0.6) is 0 Å². The van der Waals surface area contributed by atoms with E-state index in [0.717, 1.165) is 15.6 Å². The van der Waals surface area contributed by atoms with E-state index in [4.69, 9.17) is 11.6 Å². The van der Waals surface area contributed by atoms with Gasteiger partial charge in [-0.15, -0.1) is 10.2 Å². The Morgan fingerprint density at radius 3 is 2.38 bits per heavy atom. The predicted octanol–water partition coefficient (Wildman–Crippen LogP) is 3.27. The molecule has 1 amide bonds. The summed E-state index contributed by atoms with van der Waals surface area (Å²) in [7, 11) is -2.50. The molecule has 0 radical (unpaired) electrons. The number of hydrogen-bond donors (Lipinski definition) is 1. The Morgan fingerprint density at radius 1 is 1.08 bits per heavy atom. The number of carbonyl (C=O) groups excluding carboxylic acids is 1. The van der Waals surface area contributed by atoms with Crippen molar-refractivity contribution in [3.8, 4) is 0 Å². The molecule has 7 nitrogen and oxygen atoms in total. The number of nitrogens with zero attached hydrogens (tertiary/aromatic N) is 3. The van der Waals surface area contributed by atoms with E-state index < -0.39 is 15.9 Å². The molecule has 134 valence electrons. The van der Waals surface area contributed by atoms with Gasteiger partial charge in [0.05, 0.1) is 5.69 Å². The van der Waals surface area contributed by atoms with E-state index in [-0.39, 0.29) is 9.47 Å². The summed E-state index contributed by atoms with van der Waals surface area (Å²) in [4.78, 5) is 12.1. The van der Waals surface area contributed by atoms with Crippen LogP contribution in [0.1, 0.15) is 10.4 Å². The average molecular weight is 409 g/mol. The van der Waals surface area contributed by atoms with Crippen molar-refractivity contribution in [1.82, 2.24) is 10.2 Å². The number of anilines is 2. The lowest BCUT2D eigenvalue weighted by molar-refractivity contribution is 0.102. The van der Waals surface area contributed by atoms with E-state index in [1.54, 1.807) is 54.6 Å². The minimum absolute atomic E-state index is 0.0990. The van der Waals surface area contributed by atoms with E-state index in [2.05, 4.69) is 15.5 Å². The number of halogens is 1. The zero-order valence-electron chi connectivity index (χ0n) is 13.5. The van der Waals surface area contributed by atoms with Crippen LogP contribution in [-0.4, -0.2) is 31.6 Å². The lowest BCUT2D eigenvalue weighted by Gasteiger charge is -2.17. The van der Waals surface area contributed by atoms with E-state index in [1.165, 1.54) is 7.05 Å². The summed E-state index contributed by atoms with van der Waals surface area (Å²) in [6, 6.07) is 14.9. The third-order valence-electron chi connectivity index (χ3n) is 3.43. The van der Waals surface area contributed by atoms with Crippen molar-refractivity contribution in [3.05, 3.63) is 65.2 Å². The number of amides is 1. The van der Waals surface area contributed by atoms with Crippen LogP contribution >= 0.6 is 22.9 Å². The predicted molar refractivity (Wildman–Crippen MR) is 101 cm³/mol. The van der Waals surface area contributed by atoms with Crippen LogP contribution in [0.4, 0.5) is 10.8 Å². The molecule has 0 unspecified atom stereocenters. The lowest BCUT2D eigenvalue weighted by Crippen LogP contribution is -2.26. The Hall–Kier alpha value is -2.49. The number of carbonyl (C=O) groups is 1. The molecule has 0 aliphatic rings. The Bertz CT molecular complexity index is 1020. The normalized spacial score (nSPS) is 11.2. The Morgan fingerprint density at radius 2 is 1.73 bits per heavy atom. The van der Waals surface area contributed by atoms with Crippen LogP contribution in [-0.2, 0) is 10.0 Å². The smallest absolute Gasteiger partial charge is 0.293 e. The van der Waals surface area contributed by atoms with Crippen LogP contribution < -0.4 is 9.62 Å². The van der Waals surface area contributed by atoms with E-state index in [1.807, 2.05) is 0 Å². The highest BCUT2D eigenvalue weighted by atomic mass is 35.5. The topological polar surface area (TPSA) is 92.3 Å². The standard InChI is InChI=1S/C16H13ClN4O3S2/c1-21(13-9-7-12(17)8-10-13)26(23,24)16-20-19-15(25-16)18-14(22)11-5-3-2-4-6-11/h2-10H,1H3,(H,18,19,22). The molecule has 1 heterocycles. The van der Waals surface area contributed by atoms with Gasteiger partial charge in [-0.05, 0) is 36.4 Å². The zero-order valence-corrected chi connectivity index (χ0v) is 15.8. The third-order valence-corrected chi connectivity index (χ3v) is 6.66. The molecule has 2 aromatic carbocycles. The molecule has 1 aromatic heterocycles. The largest absolute Gasteiger partial charge is 0.296 e. The third kappa shape index (κ3) is 3.85. The molecule has 10 heteroatoms. The highest BCUT2D eigenvalue weighted by Crippen LogP contribution is 2.27. The molecular formula is C16H13ClN4O3S2. The van der Waals surface area contributed by atoms with Crippen molar-refractivity contribution in [2.45, 2.75) is 4.34 Å². The summed E-state index contributed by atoms with van der Waals surface area (Å²) in [6.45, 7) is 0. The Labute approximate surface area is 159 Å². The summed E-state index contributed by atoms with van der Waals surface area (Å²) >= 11 is 6.60. The summed E-state index contributed by atoms with van der Waals surface area (Å²) in [5, 5.41) is 10.6. The number of sulfonamides is 1. The number of rotatable bonds is 5. The van der Waals surface area contributed by atoms with Gasteiger partial charge in [0, 0.05) is 17.6 Å². The van der Waals surface area contributed by atoms with Gasteiger partial charge in [0.1, 0.15) is 0 Å². The van der Waals surface area contributed by atoms with Gasteiger partial charge >= 0.3 is 0 Å². The number of nitrogens with one attached hydrogen (secondary N) is 1. The lowest BCUT2D eigenvalue weighted by atomic mass is 10.2. The van der Waals surface area contributed by atoms with Crippen molar-refractivity contribution < 1.29 is 13.2 Å². The molecule has 1 N–H and O–H groups in total. The zero-order chi connectivity index (χ0) is 18.7. The summed E-state index contributed by atoms with van der Waals surface area (Å²) < 4.78 is 26.2. The first-order valence-electron chi connectivity index (χ1n) is 7.32. The summed E-state index contributed by atoms with van der Waals surface area (Å²) in [5.41, 5.74) is 0.866. The number of aromatic nitrogens is 2. The van der Waals surface area contributed by atoms with Crippen LogP contribution in [0, 0.1) is 0 Å².